The summed E-state index contributed by atoms with van der Waals surface area (Å²) in [5.41, 5.74) is 0.517. The zero-order chi connectivity index (χ0) is 26.7. The van der Waals surface area contributed by atoms with Crippen molar-refractivity contribution in [2.75, 3.05) is 13.1 Å². The Balaban J connectivity index is 0.00000298. The lowest BCUT2D eigenvalue weighted by molar-refractivity contribution is -0.647. The van der Waals surface area contributed by atoms with Crippen molar-refractivity contribution in [3.05, 3.63) is 48.0 Å². The number of hydrogen-bond donors (Lipinski definition) is 1. The van der Waals surface area contributed by atoms with Gasteiger partial charge in [-0.25, -0.2) is 4.79 Å². The summed E-state index contributed by atoms with van der Waals surface area (Å²) in [6.07, 6.45) is 5.01. The third kappa shape index (κ3) is 8.49. The maximum Gasteiger partial charge on any atom is 0.362 e. The molecule has 1 aromatic rings. The molecule has 1 aliphatic rings. The lowest BCUT2D eigenvalue weighted by Gasteiger charge is -2.49. The van der Waals surface area contributed by atoms with E-state index in [2.05, 4.69) is 20.4 Å². The molecule has 198 valence electrons. The van der Waals surface area contributed by atoms with Gasteiger partial charge >= 0.3 is 11.9 Å². The Hall–Kier alpha value is -2.14. The lowest BCUT2D eigenvalue weighted by Crippen LogP contribution is -2.86. The Morgan fingerprint density at radius 1 is 1.14 bits per heavy atom. The van der Waals surface area contributed by atoms with E-state index >= 15 is 0 Å². The number of hydrogen-bond acceptors (Lipinski definition) is 4. The molecular formula is C30H50NO4+. The number of quaternary nitrogens is 1. The van der Waals surface area contributed by atoms with Gasteiger partial charge in [0.2, 0.25) is 0 Å². The monoisotopic (exact) mass is 488 g/mol. The van der Waals surface area contributed by atoms with Crippen LogP contribution >= 0.6 is 0 Å². The fourth-order valence-electron chi connectivity index (χ4n) is 4.94. The molecule has 0 amide bonds. The van der Waals surface area contributed by atoms with Gasteiger partial charge in [0.05, 0.1) is 12.0 Å². The number of unbranched alkanes of at least 4 members (excludes halogenated alkanes) is 1. The molecule has 1 fully saturated rings. The van der Waals surface area contributed by atoms with Crippen LogP contribution in [-0.4, -0.2) is 36.2 Å². The Morgan fingerprint density at radius 2 is 1.77 bits per heavy atom. The molecular weight excluding hydrogens is 438 g/mol. The number of carbonyl (C=O) groups is 2. The second kappa shape index (κ2) is 13.8. The molecule has 1 aliphatic carbocycles. The molecule has 5 heteroatoms. The van der Waals surface area contributed by atoms with E-state index in [1.807, 2.05) is 77.2 Å². The summed E-state index contributed by atoms with van der Waals surface area (Å²) < 4.78 is 11.7. The molecule has 0 saturated heterocycles. The van der Waals surface area contributed by atoms with E-state index in [0.29, 0.717) is 12.8 Å². The molecule has 0 heterocycles. The van der Waals surface area contributed by atoms with Crippen LogP contribution in [0.25, 0.3) is 0 Å². The number of benzene rings is 1. The van der Waals surface area contributed by atoms with Crippen molar-refractivity contribution in [3.63, 3.8) is 0 Å². The highest BCUT2D eigenvalue weighted by Gasteiger charge is 2.52. The smallest absolute Gasteiger partial charge is 0.362 e. The van der Waals surface area contributed by atoms with Crippen LogP contribution in [0.3, 0.4) is 0 Å². The van der Waals surface area contributed by atoms with Gasteiger partial charge in [0, 0.05) is 18.8 Å². The van der Waals surface area contributed by atoms with Crippen molar-refractivity contribution in [1.29, 1.82) is 0 Å². The summed E-state index contributed by atoms with van der Waals surface area (Å²) >= 11 is 0. The van der Waals surface area contributed by atoms with E-state index in [4.69, 9.17) is 9.47 Å². The van der Waals surface area contributed by atoms with E-state index < -0.39 is 16.6 Å². The van der Waals surface area contributed by atoms with E-state index in [-0.39, 0.29) is 24.4 Å². The molecule has 1 saturated carbocycles. The van der Waals surface area contributed by atoms with Crippen LogP contribution < -0.4 is 5.32 Å². The molecule has 0 aromatic heterocycles. The van der Waals surface area contributed by atoms with E-state index in [0.717, 1.165) is 43.4 Å². The van der Waals surface area contributed by atoms with Gasteiger partial charge in [-0.05, 0) is 46.1 Å². The minimum absolute atomic E-state index is 0.104. The number of rotatable bonds is 12. The fraction of sp³-hybridized carbons (Fsp3) is 0.667. The highest BCUT2D eigenvalue weighted by atomic mass is 16.6. The third-order valence-corrected chi connectivity index (χ3v) is 6.80. The molecule has 0 radical (unpaired) electrons. The maximum atomic E-state index is 13.7. The number of ether oxygens (including phenoxy) is 2. The predicted molar refractivity (Wildman–Crippen MR) is 143 cm³/mol. The van der Waals surface area contributed by atoms with Crippen molar-refractivity contribution >= 4 is 11.9 Å². The van der Waals surface area contributed by atoms with Gasteiger partial charge in [0.1, 0.15) is 11.2 Å². The van der Waals surface area contributed by atoms with E-state index in [9.17, 15) is 9.59 Å². The Kier molecular flexibility index (Phi) is 12.2. The Bertz CT molecular complexity index is 813. The lowest BCUT2D eigenvalue weighted by atomic mass is 9.65. The molecule has 2 rings (SSSR count). The van der Waals surface area contributed by atoms with Gasteiger partial charge in [0.15, 0.2) is 6.54 Å². The van der Waals surface area contributed by atoms with Gasteiger partial charge < -0.3 is 14.8 Å². The number of carbonyl (C=O) groups excluding carboxylic acids is 2. The normalized spacial score (nSPS) is 21.1. The van der Waals surface area contributed by atoms with Gasteiger partial charge in [-0.15, -0.1) is 0 Å². The van der Waals surface area contributed by atoms with Gasteiger partial charge in [0.25, 0.3) is 0 Å². The first-order chi connectivity index (χ1) is 16.5. The highest BCUT2D eigenvalue weighted by Crippen LogP contribution is 2.48. The summed E-state index contributed by atoms with van der Waals surface area (Å²) in [6, 6.07) is 10.1. The first-order valence-electron chi connectivity index (χ1n) is 13.5. The number of esters is 2. The maximum absolute atomic E-state index is 13.7. The van der Waals surface area contributed by atoms with Crippen LogP contribution in [0.4, 0.5) is 0 Å². The fourth-order valence-corrected chi connectivity index (χ4v) is 4.94. The predicted octanol–water partition coefficient (Wildman–Crippen LogP) is 5.72. The van der Waals surface area contributed by atoms with Crippen molar-refractivity contribution in [1.82, 2.24) is 0 Å². The quantitative estimate of drug-likeness (QED) is 0.232. The average Bonchev–Trinajstić information content (AvgIpc) is 2.80. The number of nitrogens with two attached hydrogens (primary N) is 1. The zero-order valence-electron chi connectivity index (χ0n) is 23.5. The molecule has 0 bridgehead atoms. The molecule has 3 atom stereocenters. The van der Waals surface area contributed by atoms with Crippen LogP contribution in [0.2, 0.25) is 0 Å². The highest BCUT2D eigenvalue weighted by molar-refractivity contribution is 5.83. The summed E-state index contributed by atoms with van der Waals surface area (Å²) in [6.45, 7) is 21.1. The van der Waals surface area contributed by atoms with Crippen LogP contribution in [0.5, 0.6) is 0 Å². The largest absolute Gasteiger partial charge is 0.458 e. The summed E-state index contributed by atoms with van der Waals surface area (Å²) in [5, 5.41) is 1.96. The van der Waals surface area contributed by atoms with Crippen LogP contribution in [0.1, 0.15) is 99.5 Å². The molecule has 3 unspecified atom stereocenters. The molecule has 2 N–H and O–H groups in total. The third-order valence-electron chi connectivity index (χ3n) is 6.80. The van der Waals surface area contributed by atoms with Crippen LogP contribution in [-0.2, 0) is 24.5 Å². The summed E-state index contributed by atoms with van der Waals surface area (Å²) in [7, 11) is 0. The second-order valence-corrected chi connectivity index (χ2v) is 10.7. The first-order valence-corrected chi connectivity index (χ1v) is 13.5. The summed E-state index contributed by atoms with van der Waals surface area (Å²) in [5.74, 6) is -0.231. The van der Waals surface area contributed by atoms with Crippen molar-refractivity contribution in [3.8, 4) is 0 Å². The minimum atomic E-state index is -0.620. The molecule has 0 aliphatic heterocycles. The topological polar surface area (TPSA) is 69.2 Å². The molecule has 1 aromatic carbocycles. The second-order valence-electron chi connectivity index (χ2n) is 10.7. The van der Waals surface area contributed by atoms with Gasteiger partial charge in [-0.3, -0.25) is 4.79 Å². The zero-order valence-corrected chi connectivity index (χ0v) is 23.5. The first kappa shape index (κ1) is 30.9. The Morgan fingerprint density at radius 3 is 2.29 bits per heavy atom. The van der Waals surface area contributed by atoms with Gasteiger partial charge in [-0.2, -0.15) is 0 Å². The van der Waals surface area contributed by atoms with E-state index in [1.54, 1.807) is 0 Å². The summed E-state index contributed by atoms with van der Waals surface area (Å²) in [4.78, 5) is 25.6. The standard InChI is InChI=1S/C28H43NO4.C2H6/c1-8-10-17-28(9-2,22-14-12-11-13-15-22)25(31)33-27(7)19-21(3)23(27)16-18-29-20-24(30)32-26(4,5)6;1-2/h11-15,23,29H,3,8-10,16-20H2,1-2,4-7H3;1-2H3/p+1. The van der Waals surface area contributed by atoms with E-state index in [1.165, 1.54) is 0 Å². The molecule has 35 heavy (non-hydrogen) atoms. The van der Waals surface area contributed by atoms with Crippen molar-refractivity contribution in [2.24, 2.45) is 5.92 Å². The van der Waals surface area contributed by atoms with Crippen molar-refractivity contribution in [2.45, 2.75) is 111 Å². The SMILES string of the molecule is C=C1CC(C)(OC(=O)C(CC)(CCCC)c2ccccc2)C1CC[NH2+]CC(=O)OC(C)(C)C.CC. The van der Waals surface area contributed by atoms with Crippen LogP contribution in [0, 0.1) is 5.92 Å². The van der Waals surface area contributed by atoms with Gasteiger partial charge in [-0.1, -0.05) is 83.0 Å². The minimum Gasteiger partial charge on any atom is -0.458 e. The Labute approximate surface area is 214 Å². The average molecular weight is 489 g/mol. The van der Waals surface area contributed by atoms with Crippen LogP contribution in [0.15, 0.2) is 42.5 Å². The van der Waals surface area contributed by atoms with Crippen molar-refractivity contribution < 1.29 is 24.4 Å². The molecule has 0 spiro atoms. The molecule has 5 nitrogen and oxygen atoms in total.